The maximum atomic E-state index is 12.3. The van der Waals surface area contributed by atoms with Crippen LogP contribution in [-0.2, 0) is 16.0 Å². The predicted molar refractivity (Wildman–Crippen MR) is 97.1 cm³/mol. The number of carbonyl (C=O) groups excluding carboxylic acids is 2. The van der Waals surface area contributed by atoms with Crippen LogP contribution in [0.3, 0.4) is 0 Å². The van der Waals surface area contributed by atoms with Crippen LogP contribution in [0.15, 0.2) is 36.4 Å². The molecule has 25 heavy (non-hydrogen) atoms. The van der Waals surface area contributed by atoms with E-state index in [0.717, 1.165) is 11.1 Å². The SMILES string of the molecule is CC(=O)Cc1ccc(NC(=O)C(C)Oc2ccc(C)cc2C)cc1O. The zero-order chi connectivity index (χ0) is 18.6. The molecule has 2 N–H and O–H groups in total. The molecule has 2 rings (SSSR count). The van der Waals surface area contributed by atoms with E-state index in [2.05, 4.69) is 5.32 Å². The fourth-order valence-corrected chi connectivity index (χ4v) is 2.48. The number of aryl methyl sites for hydroxylation is 2. The molecule has 0 saturated carbocycles. The van der Waals surface area contributed by atoms with E-state index in [4.69, 9.17) is 4.74 Å². The van der Waals surface area contributed by atoms with Gasteiger partial charge in [0.25, 0.3) is 5.91 Å². The highest BCUT2D eigenvalue weighted by atomic mass is 16.5. The first-order valence-corrected chi connectivity index (χ1v) is 8.12. The fourth-order valence-electron chi connectivity index (χ4n) is 2.48. The number of ether oxygens (including phenoxy) is 1. The van der Waals surface area contributed by atoms with Crippen LogP contribution in [0.1, 0.15) is 30.5 Å². The first kappa shape index (κ1) is 18.5. The zero-order valence-electron chi connectivity index (χ0n) is 14.9. The van der Waals surface area contributed by atoms with Crippen molar-refractivity contribution >= 4 is 17.4 Å². The molecule has 132 valence electrons. The Balaban J connectivity index is 2.03. The minimum atomic E-state index is -0.694. The quantitative estimate of drug-likeness (QED) is 0.842. The second-order valence-corrected chi connectivity index (χ2v) is 6.24. The van der Waals surface area contributed by atoms with E-state index in [1.54, 1.807) is 19.1 Å². The second kappa shape index (κ2) is 7.83. The van der Waals surface area contributed by atoms with Gasteiger partial charge >= 0.3 is 0 Å². The fraction of sp³-hybridized carbons (Fsp3) is 0.300. The Kier molecular flexibility index (Phi) is 5.80. The Hall–Kier alpha value is -2.82. The third kappa shape index (κ3) is 5.08. The van der Waals surface area contributed by atoms with Crippen LogP contribution in [0, 0.1) is 13.8 Å². The smallest absolute Gasteiger partial charge is 0.265 e. The number of nitrogens with one attached hydrogen (secondary N) is 1. The summed E-state index contributed by atoms with van der Waals surface area (Å²) in [7, 11) is 0. The molecule has 0 aliphatic carbocycles. The van der Waals surface area contributed by atoms with E-state index in [1.807, 2.05) is 32.0 Å². The Labute approximate surface area is 147 Å². The van der Waals surface area contributed by atoms with Crippen molar-refractivity contribution in [1.82, 2.24) is 0 Å². The number of phenolic OH excluding ortho intramolecular Hbond substituents is 1. The van der Waals surface area contributed by atoms with E-state index in [1.165, 1.54) is 13.0 Å². The van der Waals surface area contributed by atoms with E-state index < -0.39 is 6.10 Å². The van der Waals surface area contributed by atoms with Gasteiger partial charge in [0, 0.05) is 23.7 Å². The van der Waals surface area contributed by atoms with Gasteiger partial charge in [-0.25, -0.2) is 0 Å². The van der Waals surface area contributed by atoms with Crippen molar-refractivity contribution in [2.75, 3.05) is 5.32 Å². The van der Waals surface area contributed by atoms with Crippen molar-refractivity contribution in [3.05, 3.63) is 53.1 Å². The van der Waals surface area contributed by atoms with Gasteiger partial charge in [-0.05, 0) is 45.4 Å². The zero-order valence-corrected chi connectivity index (χ0v) is 14.9. The summed E-state index contributed by atoms with van der Waals surface area (Å²) in [6.07, 6.45) is -0.535. The third-order valence-corrected chi connectivity index (χ3v) is 3.80. The number of ketones is 1. The van der Waals surface area contributed by atoms with Crippen molar-refractivity contribution < 1.29 is 19.4 Å². The van der Waals surface area contributed by atoms with Crippen LogP contribution < -0.4 is 10.1 Å². The standard InChI is InChI=1S/C20H23NO4/c1-12-5-8-19(13(2)9-12)25-15(4)20(24)21-17-7-6-16(10-14(3)22)18(23)11-17/h5-9,11,15,23H,10H2,1-4H3,(H,21,24). The number of amides is 1. The maximum absolute atomic E-state index is 12.3. The molecule has 2 aromatic rings. The van der Waals surface area contributed by atoms with Crippen molar-refractivity contribution in [2.45, 2.75) is 40.2 Å². The third-order valence-electron chi connectivity index (χ3n) is 3.80. The second-order valence-electron chi connectivity index (χ2n) is 6.24. The number of hydrogen-bond donors (Lipinski definition) is 2. The number of aromatic hydroxyl groups is 1. The molecule has 0 spiro atoms. The molecular weight excluding hydrogens is 318 g/mol. The number of carbonyl (C=O) groups is 2. The van der Waals surface area contributed by atoms with Gasteiger partial charge in [-0.1, -0.05) is 23.8 Å². The van der Waals surface area contributed by atoms with Crippen molar-refractivity contribution in [3.8, 4) is 11.5 Å². The number of phenols is 1. The van der Waals surface area contributed by atoms with Gasteiger partial charge in [0.05, 0.1) is 0 Å². The summed E-state index contributed by atoms with van der Waals surface area (Å²) in [6, 6.07) is 10.5. The van der Waals surface area contributed by atoms with E-state index >= 15 is 0 Å². The molecule has 0 bridgehead atoms. The highest BCUT2D eigenvalue weighted by Crippen LogP contribution is 2.24. The molecule has 0 aliphatic rings. The van der Waals surface area contributed by atoms with Crippen molar-refractivity contribution in [1.29, 1.82) is 0 Å². The Morgan fingerprint density at radius 3 is 2.48 bits per heavy atom. The Morgan fingerprint density at radius 1 is 1.16 bits per heavy atom. The lowest BCUT2D eigenvalue weighted by atomic mass is 10.1. The lowest BCUT2D eigenvalue weighted by Crippen LogP contribution is -2.30. The molecule has 2 aromatic carbocycles. The number of Topliss-reactive ketones (excluding diaryl/α,β-unsaturated/α-hetero) is 1. The Bertz CT molecular complexity index is 798. The van der Waals surface area contributed by atoms with Gasteiger partial charge in [-0.2, -0.15) is 0 Å². The number of anilines is 1. The summed E-state index contributed by atoms with van der Waals surface area (Å²) in [4.78, 5) is 23.4. The van der Waals surface area contributed by atoms with Crippen LogP contribution in [0.4, 0.5) is 5.69 Å². The molecule has 0 radical (unpaired) electrons. The minimum Gasteiger partial charge on any atom is -0.508 e. The summed E-state index contributed by atoms with van der Waals surface area (Å²) in [5, 5.41) is 12.7. The summed E-state index contributed by atoms with van der Waals surface area (Å²) < 4.78 is 5.72. The van der Waals surface area contributed by atoms with Crippen LogP contribution in [0.5, 0.6) is 11.5 Å². The van der Waals surface area contributed by atoms with Gasteiger partial charge in [0.1, 0.15) is 17.3 Å². The predicted octanol–water partition coefficient (Wildman–Crippen LogP) is 3.55. The largest absolute Gasteiger partial charge is 0.508 e. The highest BCUT2D eigenvalue weighted by Gasteiger charge is 2.16. The summed E-state index contributed by atoms with van der Waals surface area (Å²) >= 11 is 0. The molecule has 0 heterocycles. The number of hydrogen-bond acceptors (Lipinski definition) is 4. The molecule has 5 nitrogen and oxygen atoms in total. The van der Waals surface area contributed by atoms with Crippen LogP contribution in [0.2, 0.25) is 0 Å². The van der Waals surface area contributed by atoms with Crippen molar-refractivity contribution in [3.63, 3.8) is 0 Å². The highest BCUT2D eigenvalue weighted by molar-refractivity contribution is 5.94. The maximum Gasteiger partial charge on any atom is 0.265 e. The lowest BCUT2D eigenvalue weighted by molar-refractivity contribution is -0.122. The average Bonchev–Trinajstić information content (AvgIpc) is 2.52. The van der Waals surface area contributed by atoms with Crippen molar-refractivity contribution in [2.24, 2.45) is 0 Å². The minimum absolute atomic E-state index is 0.0176. The van der Waals surface area contributed by atoms with E-state index in [9.17, 15) is 14.7 Å². The van der Waals surface area contributed by atoms with E-state index in [0.29, 0.717) is 17.0 Å². The Morgan fingerprint density at radius 2 is 1.88 bits per heavy atom. The molecule has 5 heteroatoms. The summed E-state index contributed by atoms with van der Waals surface area (Å²) in [5.74, 6) is 0.283. The van der Waals surface area contributed by atoms with Gasteiger partial charge in [0.15, 0.2) is 6.10 Å². The van der Waals surface area contributed by atoms with Crippen LogP contribution in [0.25, 0.3) is 0 Å². The number of rotatable bonds is 6. The van der Waals surface area contributed by atoms with Gasteiger partial charge in [-0.15, -0.1) is 0 Å². The molecule has 1 unspecified atom stereocenters. The molecule has 0 fully saturated rings. The number of benzene rings is 2. The molecule has 0 aromatic heterocycles. The van der Waals surface area contributed by atoms with Gasteiger partial charge < -0.3 is 15.2 Å². The van der Waals surface area contributed by atoms with Gasteiger partial charge in [0.2, 0.25) is 0 Å². The molecule has 0 saturated heterocycles. The normalized spacial score (nSPS) is 11.7. The topological polar surface area (TPSA) is 75.6 Å². The lowest BCUT2D eigenvalue weighted by Gasteiger charge is -2.17. The first-order chi connectivity index (χ1) is 11.8. The van der Waals surface area contributed by atoms with Crippen LogP contribution in [-0.4, -0.2) is 22.9 Å². The molecule has 1 amide bonds. The molecule has 0 aliphatic heterocycles. The van der Waals surface area contributed by atoms with E-state index in [-0.39, 0.29) is 23.9 Å². The average molecular weight is 341 g/mol. The first-order valence-electron chi connectivity index (χ1n) is 8.12. The van der Waals surface area contributed by atoms with Gasteiger partial charge in [-0.3, -0.25) is 9.59 Å². The monoisotopic (exact) mass is 341 g/mol. The van der Waals surface area contributed by atoms with Crippen LogP contribution >= 0.6 is 0 Å². The molecule has 1 atom stereocenters. The summed E-state index contributed by atoms with van der Waals surface area (Å²) in [6.45, 7) is 7.05. The summed E-state index contributed by atoms with van der Waals surface area (Å²) in [5.41, 5.74) is 3.07. The molecular formula is C20H23NO4.